The fourth-order valence-electron chi connectivity index (χ4n) is 3.39. The molecule has 3 aromatic carbocycles. The number of carbonyl (C=O) groups is 2. The van der Waals surface area contributed by atoms with E-state index < -0.39 is 17.8 Å². The minimum Gasteiger partial charge on any atom is -0.372 e. The summed E-state index contributed by atoms with van der Waals surface area (Å²) in [5.74, 6) is -1.72. The molecule has 0 fully saturated rings. The Balaban J connectivity index is 1.54. The molecule has 172 valence electrons. The lowest BCUT2D eigenvalue weighted by atomic mass is 10.0. The van der Waals surface area contributed by atoms with Crippen LogP contribution in [0.25, 0.3) is 0 Å². The Bertz CT molecular complexity index is 1070. The lowest BCUT2D eigenvalue weighted by molar-refractivity contribution is -0.124. The topological polar surface area (TPSA) is 67.4 Å². The lowest BCUT2D eigenvalue weighted by Gasteiger charge is -2.22. The summed E-state index contributed by atoms with van der Waals surface area (Å²) in [6, 6.07) is 22.7. The van der Waals surface area contributed by atoms with Crippen molar-refractivity contribution in [3.05, 3.63) is 107 Å². The van der Waals surface area contributed by atoms with Crippen molar-refractivity contribution in [1.82, 2.24) is 10.6 Å². The lowest BCUT2D eigenvalue weighted by Crippen LogP contribution is -2.49. The molecular weight excluding hydrogens is 419 g/mol. The summed E-state index contributed by atoms with van der Waals surface area (Å²) in [7, 11) is 0. The van der Waals surface area contributed by atoms with E-state index in [1.54, 1.807) is 6.07 Å². The molecule has 2 N–H and O–H groups in total. The third-order valence-corrected chi connectivity index (χ3v) is 5.19. The van der Waals surface area contributed by atoms with Crippen molar-refractivity contribution in [2.24, 2.45) is 5.92 Å². The molecule has 5 nitrogen and oxygen atoms in total. The number of amides is 2. The summed E-state index contributed by atoms with van der Waals surface area (Å²) in [6.45, 7) is 4.96. The molecule has 0 spiro atoms. The molecule has 3 rings (SSSR count). The highest BCUT2D eigenvalue weighted by atomic mass is 19.1. The van der Waals surface area contributed by atoms with Crippen molar-refractivity contribution in [1.29, 1.82) is 0 Å². The van der Waals surface area contributed by atoms with Gasteiger partial charge in [-0.3, -0.25) is 9.59 Å². The number of halogens is 1. The van der Waals surface area contributed by atoms with Gasteiger partial charge in [-0.25, -0.2) is 4.39 Å². The molecule has 0 aliphatic carbocycles. The summed E-state index contributed by atoms with van der Waals surface area (Å²) < 4.78 is 19.7. The van der Waals surface area contributed by atoms with Gasteiger partial charge in [-0.1, -0.05) is 80.6 Å². The molecule has 0 heterocycles. The Kier molecular flexibility index (Phi) is 8.72. The molecule has 33 heavy (non-hydrogen) atoms. The Hall–Kier alpha value is -3.51. The number of ether oxygens (including phenoxy) is 1. The Morgan fingerprint density at radius 1 is 0.848 bits per heavy atom. The number of nitrogens with one attached hydrogen (secondary N) is 2. The molecule has 2 amide bonds. The van der Waals surface area contributed by atoms with Crippen LogP contribution in [0.4, 0.5) is 4.39 Å². The second-order valence-electron chi connectivity index (χ2n) is 8.19. The van der Waals surface area contributed by atoms with E-state index in [0.29, 0.717) is 19.8 Å². The zero-order valence-electron chi connectivity index (χ0n) is 18.9. The molecule has 0 saturated heterocycles. The first-order chi connectivity index (χ1) is 15.9. The molecule has 1 unspecified atom stereocenters. The fourth-order valence-corrected chi connectivity index (χ4v) is 3.39. The van der Waals surface area contributed by atoms with Crippen molar-refractivity contribution in [2.75, 3.05) is 0 Å². The zero-order valence-corrected chi connectivity index (χ0v) is 18.9. The number of hydrogen-bond donors (Lipinski definition) is 2. The van der Waals surface area contributed by atoms with Gasteiger partial charge >= 0.3 is 0 Å². The van der Waals surface area contributed by atoms with Crippen LogP contribution >= 0.6 is 0 Å². The smallest absolute Gasteiger partial charge is 0.254 e. The van der Waals surface area contributed by atoms with Gasteiger partial charge in [0.2, 0.25) is 5.91 Å². The Morgan fingerprint density at radius 2 is 1.48 bits per heavy atom. The van der Waals surface area contributed by atoms with Gasteiger partial charge in [-0.15, -0.1) is 0 Å². The Labute approximate surface area is 194 Å². The van der Waals surface area contributed by atoms with Gasteiger partial charge in [0, 0.05) is 6.54 Å². The van der Waals surface area contributed by atoms with Crippen molar-refractivity contribution in [3.8, 4) is 0 Å². The predicted octanol–water partition coefficient (Wildman–Crippen LogP) is 4.61. The Morgan fingerprint density at radius 3 is 2.21 bits per heavy atom. The molecule has 0 radical (unpaired) electrons. The van der Waals surface area contributed by atoms with E-state index >= 15 is 0 Å². The van der Waals surface area contributed by atoms with E-state index in [2.05, 4.69) is 10.6 Å². The third kappa shape index (κ3) is 7.26. The van der Waals surface area contributed by atoms with Crippen LogP contribution < -0.4 is 10.6 Å². The van der Waals surface area contributed by atoms with Crippen LogP contribution in [0.15, 0.2) is 78.9 Å². The SMILES string of the molecule is CC(C)C(NC(=O)c1ccccc1F)C(=O)NCc1cccc(COCc2ccccc2)c1. The minimum atomic E-state index is -0.783. The summed E-state index contributed by atoms with van der Waals surface area (Å²) in [5, 5.41) is 5.53. The maximum atomic E-state index is 13.9. The van der Waals surface area contributed by atoms with E-state index in [-0.39, 0.29) is 17.4 Å². The average Bonchev–Trinajstić information content (AvgIpc) is 2.82. The van der Waals surface area contributed by atoms with Gasteiger partial charge in [0.05, 0.1) is 18.8 Å². The standard InChI is InChI=1S/C27H29FN2O3/c1-19(2)25(30-26(31)23-13-6-7-14-24(23)28)27(32)29-16-21-11-8-12-22(15-21)18-33-17-20-9-4-3-5-10-20/h3-15,19,25H,16-18H2,1-2H3,(H,29,32)(H,30,31). The minimum absolute atomic E-state index is 0.0841. The van der Waals surface area contributed by atoms with E-state index in [1.807, 2.05) is 68.4 Å². The van der Waals surface area contributed by atoms with Crippen molar-refractivity contribution in [2.45, 2.75) is 39.6 Å². The third-order valence-electron chi connectivity index (χ3n) is 5.19. The molecule has 6 heteroatoms. The quantitative estimate of drug-likeness (QED) is 0.476. The van der Waals surface area contributed by atoms with Gasteiger partial charge in [0.25, 0.3) is 5.91 Å². The first kappa shape index (κ1) is 24.1. The van der Waals surface area contributed by atoms with Crippen molar-refractivity contribution >= 4 is 11.8 Å². The first-order valence-corrected chi connectivity index (χ1v) is 11.0. The molecule has 0 aliphatic rings. The van der Waals surface area contributed by atoms with E-state index in [4.69, 9.17) is 4.74 Å². The molecule has 0 aromatic heterocycles. The van der Waals surface area contributed by atoms with Crippen molar-refractivity contribution < 1.29 is 18.7 Å². The average molecular weight is 449 g/mol. The van der Waals surface area contributed by atoms with Gasteiger partial charge in [0.15, 0.2) is 0 Å². The van der Waals surface area contributed by atoms with Gasteiger partial charge < -0.3 is 15.4 Å². The van der Waals surface area contributed by atoms with Crippen LogP contribution in [0.5, 0.6) is 0 Å². The number of hydrogen-bond acceptors (Lipinski definition) is 3. The maximum Gasteiger partial charge on any atom is 0.254 e. The van der Waals surface area contributed by atoms with E-state index in [9.17, 15) is 14.0 Å². The molecular formula is C27H29FN2O3. The molecule has 0 saturated carbocycles. The monoisotopic (exact) mass is 448 g/mol. The van der Waals surface area contributed by atoms with Gasteiger partial charge in [0.1, 0.15) is 11.9 Å². The van der Waals surface area contributed by atoms with Crippen LogP contribution in [-0.4, -0.2) is 17.9 Å². The summed E-state index contributed by atoms with van der Waals surface area (Å²) >= 11 is 0. The second-order valence-corrected chi connectivity index (χ2v) is 8.19. The second kappa shape index (κ2) is 11.9. The maximum absolute atomic E-state index is 13.9. The predicted molar refractivity (Wildman–Crippen MR) is 126 cm³/mol. The summed E-state index contributed by atoms with van der Waals surface area (Å²) in [6.07, 6.45) is 0. The highest BCUT2D eigenvalue weighted by molar-refractivity contribution is 5.97. The number of rotatable bonds is 10. The van der Waals surface area contributed by atoms with E-state index in [0.717, 1.165) is 16.7 Å². The van der Waals surface area contributed by atoms with Crippen LogP contribution in [0.2, 0.25) is 0 Å². The molecule has 0 bridgehead atoms. The van der Waals surface area contributed by atoms with Gasteiger partial charge in [-0.05, 0) is 34.7 Å². The van der Waals surface area contributed by atoms with Gasteiger partial charge in [-0.2, -0.15) is 0 Å². The molecule has 3 aromatic rings. The van der Waals surface area contributed by atoms with Crippen LogP contribution in [0.3, 0.4) is 0 Å². The summed E-state index contributed by atoms with van der Waals surface area (Å²) in [4.78, 5) is 25.2. The zero-order chi connectivity index (χ0) is 23.6. The fraction of sp³-hybridized carbons (Fsp3) is 0.259. The highest BCUT2D eigenvalue weighted by Gasteiger charge is 2.25. The molecule has 0 aliphatic heterocycles. The van der Waals surface area contributed by atoms with Crippen LogP contribution in [-0.2, 0) is 29.3 Å². The van der Waals surface area contributed by atoms with Crippen molar-refractivity contribution in [3.63, 3.8) is 0 Å². The highest BCUT2D eigenvalue weighted by Crippen LogP contribution is 2.11. The van der Waals surface area contributed by atoms with Crippen LogP contribution in [0.1, 0.15) is 40.9 Å². The summed E-state index contributed by atoms with van der Waals surface area (Å²) in [5.41, 5.74) is 2.95. The van der Waals surface area contributed by atoms with E-state index in [1.165, 1.54) is 18.2 Å². The first-order valence-electron chi connectivity index (χ1n) is 11.0. The molecule has 1 atom stereocenters. The van der Waals surface area contributed by atoms with Crippen LogP contribution in [0, 0.1) is 11.7 Å². The normalized spacial score (nSPS) is 11.8. The number of benzene rings is 3. The largest absolute Gasteiger partial charge is 0.372 e. The number of carbonyl (C=O) groups excluding carboxylic acids is 2.